The van der Waals surface area contributed by atoms with Crippen LogP contribution in [-0.4, -0.2) is 61.1 Å². The Morgan fingerprint density at radius 1 is 1.00 bits per heavy atom. The summed E-state index contributed by atoms with van der Waals surface area (Å²) in [5, 5.41) is 3.35. The Morgan fingerprint density at radius 3 is 2.39 bits per heavy atom. The molecule has 2 aromatic carbocycles. The third-order valence-corrected chi connectivity index (χ3v) is 6.07. The van der Waals surface area contributed by atoms with Gasteiger partial charge >= 0.3 is 6.03 Å². The smallest absolute Gasteiger partial charge is 0.327 e. The summed E-state index contributed by atoms with van der Waals surface area (Å²) in [6, 6.07) is 14.8. The number of benzene rings is 2. The van der Waals surface area contributed by atoms with Crippen LogP contribution in [0.15, 0.2) is 48.5 Å². The van der Waals surface area contributed by atoms with Crippen LogP contribution in [0.4, 0.5) is 4.79 Å². The minimum atomic E-state index is -0.366. The Balaban J connectivity index is 1.59. The minimum Gasteiger partial charge on any atom is -0.497 e. The quantitative estimate of drug-likeness (QED) is 0.742. The van der Waals surface area contributed by atoms with Crippen LogP contribution in [0, 0.1) is 0 Å². The van der Waals surface area contributed by atoms with Gasteiger partial charge in [0.1, 0.15) is 17.5 Å². The summed E-state index contributed by atoms with van der Waals surface area (Å²) in [6.07, 6.45) is 2.38. The number of fused-ring (bicyclic) bond motifs is 1. The van der Waals surface area contributed by atoms with Gasteiger partial charge in [-0.15, -0.1) is 0 Å². The van der Waals surface area contributed by atoms with E-state index in [9.17, 15) is 9.59 Å². The molecule has 2 unspecified atom stereocenters. The number of amides is 3. The second-order valence-corrected chi connectivity index (χ2v) is 8.00. The summed E-state index contributed by atoms with van der Waals surface area (Å²) >= 11 is 0. The summed E-state index contributed by atoms with van der Waals surface area (Å²) in [6.45, 7) is 1.54. The van der Waals surface area contributed by atoms with Crippen molar-refractivity contribution >= 4 is 11.9 Å². The molecule has 31 heavy (non-hydrogen) atoms. The van der Waals surface area contributed by atoms with E-state index < -0.39 is 0 Å². The molecule has 164 valence electrons. The Hall–Kier alpha value is -3.06. The van der Waals surface area contributed by atoms with Crippen LogP contribution in [0.25, 0.3) is 0 Å². The molecule has 3 amide bonds. The maximum absolute atomic E-state index is 13.5. The number of methoxy groups -OCH3 is 2. The summed E-state index contributed by atoms with van der Waals surface area (Å²) < 4.78 is 10.8. The highest BCUT2D eigenvalue weighted by atomic mass is 16.5. The molecule has 7 nitrogen and oxygen atoms in total. The van der Waals surface area contributed by atoms with E-state index in [2.05, 4.69) is 5.32 Å². The average Bonchev–Trinajstić information content (AvgIpc) is 2.82. The van der Waals surface area contributed by atoms with Crippen molar-refractivity contribution in [2.75, 3.05) is 27.3 Å². The van der Waals surface area contributed by atoms with Crippen molar-refractivity contribution in [1.29, 1.82) is 0 Å². The molecule has 2 aromatic rings. The number of hydrogen-bond donors (Lipinski definition) is 1. The Morgan fingerprint density at radius 2 is 1.71 bits per heavy atom. The summed E-state index contributed by atoms with van der Waals surface area (Å²) in [7, 11) is 3.21. The minimum absolute atomic E-state index is 0.120. The van der Waals surface area contributed by atoms with E-state index in [0.717, 1.165) is 30.5 Å². The number of ether oxygens (including phenoxy) is 2. The fourth-order valence-corrected chi connectivity index (χ4v) is 4.45. The first-order valence-corrected chi connectivity index (χ1v) is 10.7. The van der Waals surface area contributed by atoms with Gasteiger partial charge in [0.2, 0.25) is 5.91 Å². The molecule has 2 saturated heterocycles. The maximum atomic E-state index is 13.5. The molecule has 2 heterocycles. The zero-order chi connectivity index (χ0) is 21.8. The Labute approximate surface area is 182 Å². The highest BCUT2D eigenvalue weighted by Gasteiger charge is 2.46. The van der Waals surface area contributed by atoms with Gasteiger partial charge in [0.05, 0.1) is 20.3 Å². The zero-order valence-corrected chi connectivity index (χ0v) is 18.0. The van der Waals surface area contributed by atoms with Crippen molar-refractivity contribution in [2.45, 2.75) is 37.9 Å². The van der Waals surface area contributed by atoms with Crippen molar-refractivity contribution in [2.24, 2.45) is 0 Å². The topological polar surface area (TPSA) is 71.1 Å². The van der Waals surface area contributed by atoms with Gasteiger partial charge in [0, 0.05) is 19.2 Å². The van der Waals surface area contributed by atoms with E-state index in [1.807, 2.05) is 53.4 Å². The van der Waals surface area contributed by atoms with Crippen molar-refractivity contribution in [3.8, 4) is 11.5 Å². The predicted octanol–water partition coefficient (Wildman–Crippen LogP) is 2.83. The molecule has 2 atom stereocenters. The van der Waals surface area contributed by atoms with E-state index in [1.54, 1.807) is 14.2 Å². The lowest BCUT2D eigenvalue weighted by Gasteiger charge is -2.47. The van der Waals surface area contributed by atoms with Gasteiger partial charge in [-0.1, -0.05) is 30.3 Å². The molecule has 0 saturated carbocycles. The second-order valence-electron chi connectivity index (χ2n) is 8.00. The number of carbonyl (C=O) groups excluding carboxylic acids is 2. The highest BCUT2D eigenvalue weighted by Crippen LogP contribution is 2.29. The molecule has 2 aliphatic heterocycles. The van der Waals surface area contributed by atoms with Gasteiger partial charge in [-0.25, -0.2) is 4.79 Å². The first kappa shape index (κ1) is 21.2. The molecule has 1 N–H and O–H groups in total. The summed E-state index contributed by atoms with van der Waals surface area (Å²) in [5.74, 6) is 1.23. The normalized spacial score (nSPS) is 21.1. The molecular formula is C24H29N3O4. The molecule has 0 spiro atoms. The number of piperidine rings is 1. The number of nitrogens with one attached hydrogen (secondary N) is 1. The lowest BCUT2D eigenvalue weighted by Crippen LogP contribution is -2.69. The molecule has 0 aliphatic carbocycles. The number of hydrogen-bond acceptors (Lipinski definition) is 5. The number of carbonyl (C=O) groups is 2. The summed E-state index contributed by atoms with van der Waals surface area (Å²) in [5.41, 5.74) is 2.01. The molecule has 0 bridgehead atoms. The number of rotatable bonds is 7. The Kier molecular flexibility index (Phi) is 6.42. The van der Waals surface area contributed by atoms with Crippen molar-refractivity contribution < 1.29 is 19.1 Å². The van der Waals surface area contributed by atoms with Crippen LogP contribution < -0.4 is 14.8 Å². The molecule has 7 heteroatoms. The van der Waals surface area contributed by atoms with Gasteiger partial charge in [0.25, 0.3) is 0 Å². The largest absolute Gasteiger partial charge is 0.497 e. The standard InChI is InChI=1S/C24H29N3O4/c1-30-19-13-18(14-20(15-19)31-2)16-27-21-9-6-11-25-22(21)23(28)26(24(27)29)12-10-17-7-4-3-5-8-17/h3-5,7-8,13-15,21-22,25H,6,9-12,16H2,1-2H3. The van der Waals surface area contributed by atoms with Gasteiger partial charge < -0.3 is 19.7 Å². The van der Waals surface area contributed by atoms with Crippen LogP contribution in [0.2, 0.25) is 0 Å². The van der Waals surface area contributed by atoms with Gasteiger partial charge in [0.15, 0.2) is 0 Å². The van der Waals surface area contributed by atoms with Crippen LogP contribution in [0.3, 0.4) is 0 Å². The van der Waals surface area contributed by atoms with Crippen molar-refractivity contribution in [3.63, 3.8) is 0 Å². The first-order chi connectivity index (χ1) is 15.1. The van der Waals surface area contributed by atoms with E-state index in [-0.39, 0.29) is 24.0 Å². The SMILES string of the molecule is COc1cc(CN2C(=O)N(CCc3ccccc3)C(=O)C3NCCCC32)cc(OC)c1. The van der Waals surface area contributed by atoms with Gasteiger partial charge in [-0.2, -0.15) is 0 Å². The highest BCUT2D eigenvalue weighted by molar-refractivity contribution is 6.00. The number of nitrogens with zero attached hydrogens (tertiary/aromatic N) is 2. The molecule has 4 rings (SSSR count). The lowest BCUT2D eigenvalue weighted by atomic mass is 9.93. The number of urea groups is 1. The van der Waals surface area contributed by atoms with Gasteiger partial charge in [-0.3, -0.25) is 9.69 Å². The van der Waals surface area contributed by atoms with E-state index in [1.165, 1.54) is 4.90 Å². The van der Waals surface area contributed by atoms with E-state index >= 15 is 0 Å². The Bertz CT molecular complexity index is 911. The first-order valence-electron chi connectivity index (χ1n) is 10.7. The molecule has 2 aliphatic rings. The maximum Gasteiger partial charge on any atom is 0.327 e. The molecule has 2 fully saturated rings. The van der Waals surface area contributed by atoms with E-state index in [0.29, 0.717) is 31.0 Å². The number of imide groups is 1. The fourth-order valence-electron chi connectivity index (χ4n) is 4.45. The molecule has 0 radical (unpaired) electrons. The third kappa shape index (κ3) is 4.51. The lowest BCUT2D eigenvalue weighted by molar-refractivity contribution is -0.137. The summed E-state index contributed by atoms with van der Waals surface area (Å²) in [4.78, 5) is 29.9. The van der Waals surface area contributed by atoms with E-state index in [4.69, 9.17) is 9.47 Å². The van der Waals surface area contributed by atoms with Crippen LogP contribution >= 0.6 is 0 Å². The second kappa shape index (κ2) is 9.39. The van der Waals surface area contributed by atoms with Crippen LogP contribution in [0.5, 0.6) is 11.5 Å². The van der Waals surface area contributed by atoms with Crippen molar-refractivity contribution in [1.82, 2.24) is 15.1 Å². The monoisotopic (exact) mass is 423 g/mol. The third-order valence-electron chi connectivity index (χ3n) is 6.07. The van der Waals surface area contributed by atoms with Crippen LogP contribution in [0.1, 0.15) is 24.0 Å². The average molecular weight is 424 g/mol. The van der Waals surface area contributed by atoms with Gasteiger partial charge in [-0.05, 0) is 49.1 Å². The fraction of sp³-hybridized carbons (Fsp3) is 0.417. The van der Waals surface area contributed by atoms with Crippen molar-refractivity contribution in [3.05, 3.63) is 59.7 Å². The van der Waals surface area contributed by atoms with Crippen LogP contribution in [-0.2, 0) is 17.8 Å². The zero-order valence-electron chi connectivity index (χ0n) is 18.0. The predicted molar refractivity (Wildman–Crippen MR) is 117 cm³/mol. The molecular weight excluding hydrogens is 394 g/mol. The molecule has 0 aromatic heterocycles.